The molecule has 0 spiro atoms. The van der Waals surface area contributed by atoms with Gasteiger partial charge in [-0.15, -0.1) is 0 Å². The largest absolute Gasteiger partial charge is 0.396 e. The molecule has 0 saturated heterocycles. The summed E-state index contributed by atoms with van der Waals surface area (Å²) in [6, 6.07) is 18.0. The van der Waals surface area contributed by atoms with E-state index in [0.29, 0.717) is 30.2 Å². The summed E-state index contributed by atoms with van der Waals surface area (Å²) in [5.74, 6) is 0. The second-order valence-electron chi connectivity index (χ2n) is 7.24. The fourth-order valence-electron chi connectivity index (χ4n) is 3.37. The van der Waals surface area contributed by atoms with Crippen LogP contribution in [0.2, 0.25) is 0 Å². The Hall–Kier alpha value is -2.70. The first-order valence-corrected chi connectivity index (χ1v) is 10.2. The number of H-pyrrole nitrogens is 1. The Morgan fingerprint density at radius 1 is 1.21 bits per heavy atom. The normalized spacial score (nSPS) is 12.0. The maximum absolute atomic E-state index is 12.7. The summed E-state index contributed by atoms with van der Waals surface area (Å²) in [5.41, 5.74) is 3.58. The number of hydrogen-bond acceptors (Lipinski definition) is 3. The van der Waals surface area contributed by atoms with Gasteiger partial charge in [0.1, 0.15) is 0 Å². The van der Waals surface area contributed by atoms with Crippen molar-refractivity contribution in [3.8, 4) is 0 Å². The third-order valence-corrected chi connectivity index (χ3v) is 5.42. The van der Waals surface area contributed by atoms with E-state index < -0.39 is 0 Å². The molecule has 1 aromatic heterocycles. The van der Waals surface area contributed by atoms with E-state index in [-0.39, 0.29) is 18.2 Å². The van der Waals surface area contributed by atoms with E-state index >= 15 is 0 Å². The highest BCUT2D eigenvalue weighted by Crippen LogP contribution is 2.17. The van der Waals surface area contributed by atoms with Crippen LogP contribution in [0, 0.1) is 6.92 Å². The van der Waals surface area contributed by atoms with Crippen molar-refractivity contribution >= 4 is 28.2 Å². The van der Waals surface area contributed by atoms with Crippen molar-refractivity contribution in [3.05, 3.63) is 81.6 Å². The second-order valence-corrected chi connectivity index (χ2v) is 7.63. The molecule has 0 aliphatic heterocycles. The van der Waals surface area contributed by atoms with Gasteiger partial charge in [0.05, 0.1) is 18.1 Å². The van der Waals surface area contributed by atoms with Crippen molar-refractivity contribution < 1.29 is 5.11 Å². The fraction of sp³-hybridized carbons (Fsp3) is 0.304. The lowest BCUT2D eigenvalue weighted by Gasteiger charge is -2.28. The number of aromatic nitrogens is 1. The standard InChI is InChI=1S/C23H27N3O2S/c1-16-8-6-11-19-14-20(22(28)25-21(16)19)15-26(12-7-13-27)23(29)24-17(2)18-9-4-3-5-10-18/h3-6,8-11,14,17,27H,7,12-13,15H2,1-2H3,(H,24,29)(H,25,28)/t17-/m1/s1. The maximum Gasteiger partial charge on any atom is 0.253 e. The summed E-state index contributed by atoms with van der Waals surface area (Å²) in [6.07, 6.45) is 0.576. The number of para-hydroxylation sites is 1. The zero-order valence-electron chi connectivity index (χ0n) is 16.8. The van der Waals surface area contributed by atoms with E-state index in [1.165, 1.54) is 0 Å². The van der Waals surface area contributed by atoms with Crippen LogP contribution in [0.5, 0.6) is 0 Å². The Bertz CT molecular complexity index is 1030. The first-order valence-electron chi connectivity index (χ1n) is 9.82. The third-order valence-electron chi connectivity index (χ3n) is 5.04. The lowest BCUT2D eigenvalue weighted by molar-refractivity contribution is 0.263. The van der Waals surface area contributed by atoms with Crippen LogP contribution in [-0.4, -0.2) is 33.3 Å². The van der Waals surface area contributed by atoms with Gasteiger partial charge in [-0.2, -0.15) is 0 Å². The van der Waals surface area contributed by atoms with Crippen molar-refractivity contribution in [2.45, 2.75) is 32.9 Å². The number of aliphatic hydroxyl groups is 1. The van der Waals surface area contributed by atoms with Crippen molar-refractivity contribution in [2.24, 2.45) is 0 Å². The van der Waals surface area contributed by atoms with Crippen molar-refractivity contribution in [1.82, 2.24) is 15.2 Å². The zero-order valence-corrected chi connectivity index (χ0v) is 17.6. The first kappa shape index (κ1) is 21.0. The molecule has 5 nitrogen and oxygen atoms in total. The first-order chi connectivity index (χ1) is 14.0. The molecule has 0 amide bonds. The van der Waals surface area contributed by atoms with Crippen molar-refractivity contribution in [3.63, 3.8) is 0 Å². The number of aliphatic hydroxyl groups excluding tert-OH is 1. The molecule has 1 atom stereocenters. The molecule has 6 heteroatoms. The van der Waals surface area contributed by atoms with Gasteiger partial charge in [0.25, 0.3) is 5.56 Å². The van der Waals surface area contributed by atoms with Gasteiger partial charge < -0.3 is 20.3 Å². The Labute approximate surface area is 176 Å². The summed E-state index contributed by atoms with van der Waals surface area (Å²) in [5, 5.41) is 14.2. The molecule has 3 N–H and O–H groups in total. The minimum atomic E-state index is -0.111. The number of benzene rings is 2. The predicted molar refractivity (Wildman–Crippen MR) is 122 cm³/mol. The van der Waals surface area contributed by atoms with Crippen LogP contribution >= 0.6 is 12.2 Å². The van der Waals surface area contributed by atoms with Gasteiger partial charge in [-0.1, -0.05) is 48.5 Å². The highest BCUT2D eigenvalue weighted by molar-refractivity contribution is 7.80. The molecule has 0 bridgehead atoms. The van der Waals surface area contributed by atoms with E-state index in [4.69, 9.17) is 12.2 Å². The average Bonchev–Trinajstić information content (AvgIpc) is 2.72. The Kier molecular flexibility index (Phi) is 7.01. The highest BCUT2D eigenvalue weighted by atomic mass is 32.1. The van der Waals surface area contributed by atoms with Crippen LogP contribution in [0.25, 0.3) is 10.9 Å². The molecule has 29 heavy (non-hydrogen) atoms. The van der Waals surface area contributed by atoms with Gasteiger partial charge in [-0.05, 0) is 55.1 Å². The summed E-state index contributed by atoms with van der Waals surface area (Å²) >= 11 is 5.65. The van der Waals surface area contributed by atoms with Crippen LogP contribution in [0.3, 0.4) is 0 Å². The zero-order chi connectivity index (χ0) is 20.8. The van der Waals surface area contributed by atoms with Crippen LogP contribution in [0.1, 0.15) is 36.1 Å². The molecular weight excluding hydrogens is 382 g/mol. The number of rotatable bonds is 7. The SMILES string of the molecule is Cc1cccc2cc(CN(CCCO)C(=S)N[C@H](C)c3ccccc3)c(=O)[nH]c12. The average molecular weight is 410 g/mol. The van der Waals surface area contributed by atoms with Crippen molar-refractivity contribution in [2.75, 3.05) is 13.2 Å². The van der Waals surface area contributed by atoms with E-state index in [0.717, 1.165) is 22.0 Å². The van der Waals surface area contributed by atoms with Crippen LogP contribution in [0.4, 0.5) is 0 Å². The second kappa shape index (κ2) is 9.67. The lowest BCUT2D eigenvalue weighted by Crippen LogP contribution is -2.42. The number of thiocarbonyl (C=S) groups is 1. The molecule has 0 aliphatic carbocycles. The number of aromatic amines is 1. The minimum absolute atomic E-state index is 0.0397. The molecule has 2 aromatic carbocycles. The Morgan fingerprint density at radius 3 is 2.69 bits per heavy atom. The molecule has 0 unspecified atom stereocenters. The smallest absolute Gasteiger partial charge is 0.253 e. The predicted octanol–water partition coefficient (Wildman–Crippen LogP) is 3.66. The summed E-state index contributed by atoms with van der Waals surface area (Å²) in [4.78, 5) is 17.6. The topological polar surface area (TPSA) is 68.4 Å². The number of aryl methyl sites for hydroxylation is 1. The van der Waals surface area contributed by atoms with E-state index in [2.05, 4.69) is 29.4 Å². The van der Waals surface area contributed by atoms with E-state index in [9.17, 15) is 9.90 Å². The van der Waals surface area contributed by atoms with E-state index in [1.54, 1.807) is 0 Å². The molecular formula is C23H27N3O2S. The Balaban J connectivity index is 1.81. The molecule has 0 saturated carbocycles. The van der Waals surface area contributed by atoms with Crippen LogP contribution in [-0.2, 0) is 6.54 Å². The molecule has 3 aromatic rings. The number of nitrogens with zero attached hydrogens (tertiary/aromatic N) is 1. The monoisotopic (exact) mass is 409 g/mol. The molecule has 0 radical (unpaired) electrons. The third kappa shape index (κ3) is 5.22. The number of fused-ring (bicyclic) bond motifs is 1. The number of pyridine rings is 1. The Morgan fingerprint density at radius 2 is 1.97 bits per heavy atom. The van der Waals surface area contributed by atoms with Crippen molar-refractivity contribution in [1.29, 1.82) is 0 Å². The number of nitrogens with one attached hydrogen (secondary N) is 2. The molecule has 3 rings (SSSR count). The van der Waals surface area contributed by atoms with Crippen LogP contribution in [0.15, 0.2) is 59.4 Å². The molecule has 0 fully saturated rings. The summed E-state index contributed by atoms with van der Waals surface area (Å²) in [7, 11) is 0. The van der Waals surface area contributed by atoms with Gasteiger partial charge >= 0.3 is 0 Å². The molecule has 0 aliphatic rings. The van der Waals surface area contributed by atoms with Gasteiger partial charge in [0.15, 0.2) is 5.11 Å². The fourth-order valence-corrected chi connectivity index (χ4v) is 3.70. The molecule has 1 heterocycles. The van der Waals surface area contributed by atoms with Gasteiger partial charge in [-0.3, -0.25) is 4.79 Å². The number of hydrogen-bond donors (Lipinski definition) is 3. The highest BCUT2D eigenvalue weighted by Gasteiger charge is 2.16. The summed E-state index contributed by atoms with van der Waals surface area (Å²) < 4.78 is 0. The van der Waals surface area contributed by atoms with Gasteiger partial charge in [0, 0.05) is 18.7 Å². The summed E-state index contributed by atoms with van der Waals surface area (Å²) in [6.45, 7) is 5.05. The quantitative estimate of drug-likeness (QED) is 0.520. The lowest BCUT2D eigenvalue weighted by atomic mass is 10.1. The molecule has 152 valence electrons. The van der Waals surface area contributed by atoms with Gasteiger partial charge in [0.2, 0.25) is 0 Å². The van der Waals surface area contributed by atoms with Crippen LogP contribution < -0.4 is 10.9 Å². The maximum atomic E-state index is 12.7. The van der Waals surface area contributed by atoms with E-state index in [1.807, 2.05) is 54.3 Å². The van der Waals surface area contributed by atoms with Gasteiger partial charge in [-0.25, -0.2) is 0 Å². The minimum Gasteiger partial charge on any atom is -0.396 e.